The van der Waals surface area contributed by atoms with Crippen molar-refractivity contribution in [2.45, 2.75) is 12.8 Å². The molecule has 2 rings (SSSR count). The van der Waals surface area contributed by atoms with Crippen molar-refractivity contribution in [1.82, 2.24) is 10.6 Å². The molecule has 2 aromatic rings. The third-order valence-corrected chi connectivity index (χ3v) is 3.50. The summed E-state index contributed by atoms with van der Waals surface area (Å²) in [6.07, 6.45) is 1.64. The Morgan fingerprint density at radius 1 is 0.810 bits per heavy atom. The second kappa shape index (κ2) is 8.49. The minimum absolute atomic E-state index is 0.590. The molecule has 0 aromatic heterocycles. The summed E-state index contributed by atoms with van der Waals surface area (Å²) in [5.74, 6) is 0. The largest absolute Gasteiger partial charge is 0.362 e. The fraction of sp³-hybridized carbons (Fsp3) is 0.176. The van der Waals surface area contributed by atoms with Crippen molar-refractivity contribution >= 4 is 34.5 Å². The Hall–Kier alpha value is -1.78. The second-order valence-electron chi connectivity index (χ2n) is 4.70. The van der Waals surface area contributed by atoms with Crippen molar-refractivity contribution in [3.05, 3.63) is 71.8 Å². The maximum absolute atomic E-state index is 5.32. The van der Waals surface area contributed by atoms with Crippen LogP contribution in [0.1, 0.15) is 11.1 Å². The van der Waals surface area contributed by atoms with Gasteiger partial charge in [-0.3, -0.25) is 0 Å². The molecule has 0 spiro atoms. The van der Waals surface area contributed by atoms with Gasteiger partial charge in [0.1, 0.15) is 0 Å². The van der Waals surface area contributed by atoms with Crippen LogP contribution in [0.25, 0.3) is 0 Å². The quantitative estimate of drug-likeness (QED) is 0.827. The molecule has 0 heterocycles. The molecule has 108 valence electrons. The van der Waals surface area contributed by atoms with Crippen LogP contribution in [0.3, 0.4) is 0 Å². The molecule has 0 fully saturated rings. The molecule has 2 aromatic carbocycles. The van der Waals surface area contributed by atoms with Crippen molar-refractivity contribution in [2.75, 3.05) is 6.54 Å². The van der Waals surface area contributed by atoms with Crippen LogP contribution < -0.4 is 10.6 Å². The van der Waals surface area contributed by atoms with Crippen molar-refractivity contribution in [1.29, 1.82) is 0 Å². The van der Waals surface area contributed by atoms with Crippen molar-refractivity contribution in [2.24, 2.45) is 0 Å². The summed E-state index contributed by atoms with van der Waals surface area (Å²) in [4.78, 5) is 0.735. The molecule has 0 saturated carbocycles. The molecule has 4 heteroatoms. The molecule has 2 N–H and O–H groups in total. The Kier molecular flexibility index (Phi) is 6.31. The van der Waals surface area contributed by atoms with Gasteiger partial charge in [-0.05, 0) is 29.8 Å². The van der Waals surface area contributed by atoms with Gasteiger partial charge in [0.15, 0.2) is 5.11 Å². The van der Waals surface area contributed by atoms with E-state index >= 15 is 0 Å². The maximum Gasteiger partial charge on any atom is 0.171 e. The lowest BCUT2D eigenvalue weighted by Gasteiger charge is -2.11. The van der Waals surface area contributed by atoms with E-state index in [9.17, 15) is 0 Å². The number of thiocarbonyl (C=S) groups is 2. The van der Waals surface area contributed by atoms with E-state index in [0.29, 0.717) is 11.5 Å². The third kappa shape index (κ3) is 6.02. The van der Waals surface area contributed by atoms with E-state index in [0.717, 1.165) is 18.0 Å². The molecule has 21 heavy (non-hydrogen) atoms. The Labute approximate surface area is 136 Å². The highest BCUT2D eigenvalue weighted by atomic mass is 32.1. The topological polar surface area (TPSA) is 24.1 Å². The van der Waals surface area contributed by atoms with Crippen LogP contribution in [0.5, 0.6) is 0 Å². The molecule has 0 bridgehead atoms. The fourth-order valence-corrected chi connectivity index (χ4v) is 2.52. The van der Waals surface area contributed by atoms with Gasteiger partial charge in [-0.15, -0.1) is 0 Å². The summed E-state index contributed by atoms with van der Waals surface area (Å²) in [6, 6.07) is 20.4. The third-order valence-electron chi connectivity index (χ3n) is 3.00. The van der Waals surface area contributed by atoms with Gasteiger partial charge in [-0.2, -0.15) is 0 Å². The van der Waals surface area contributed by atoms with Crippen LogP contribution in [0.2, 0.25) is 0 Å². The standard InChI is InChI=1S/C17H18N2S2/c20-16(13-15-9-5-2-6-10-15)19-17(21)18-12-11-14-7-3-1-4-8-14/h1-10H,11-13H2,(H2,18,19,20,21). The summed E-state index contributed by atoms with van der Waals surface area (Å²) in [5, 5.41) is 6.84. The van der Waals surface area contributed by atoms with Gasteiger partial charge in [0.05, 0.1) is 4.99 Å². The normalized spacial score (nSPS) is 9.90. The number of nitrogens with one attached hydrogen (secondary N) is 2. The first-order chi connectivity index (χ1) is 10.2. The lowest BCUT2D eigenvalue weighted by Crippen LogP contribution is -2.39. The highest BCUT2D eigenvalue weighted by molar-refractivity contribution is 7.81. The van der Waals surface area contributed by atoms with E-state index in [-0.39, 0.29) is 0 Å². The van der Waals surface area contributed by atoms with Crippen LogP contribution in [-0.2, 0) is 12.8 Å². The van der Waals surface area contributed by atoms with Crippen LogP contribution in [0, 0.1) is 0 Å². The number of hydrogen-bond donors (Lipinski definition) is 2. The lowest BCUT2D eigenvalue weighted by molar-refractivity contribution is 0.861. The summed E-state index contributed by atoms with van der Waals surface area (Å²) < 4.78 is 0. The minimum atomic E-state index is 0.590. The van der Waals surface area contributed by atoms with E-state index in [1.165, 1.54) is 11.1 Å². The molecule has 2 nitrogen and oxygen atoms in total. The molecular weight excluding hydrogens is 296 g/mol. The van der Waals surface area contributed by atoms with Crippen molar-refractivity contribution in [3.63, 3.8) is 0 Å². The zero-order valence-corrected chi connectivity index (χ0v) is 13.3. The predicted molar refractivity (Wildman–Crippen MR) is 96.6 cm³/mol. The molecule has 0 atom stereocenters. The maximum atomic E-state index is 5.32. The number of rotatable bonds is 5. The molecule has 0 radical (unpaired) electrons. The summed E-state index contributed by atoms with van der Waals surface area (Å²) in [6.45, 7) is 0.795. The fourth-order valence-electron chi connectivity index (χ4n) is 1.96. The SMILES string of the molecule is S=C(Cc1ccccc1)NC(=S)NCCc1ccccc1. The van der Waals surface area contributed by atoms with Gasteiger partial charge in [0.25, 0.3) is 0 Å². The Morgan fingerprint density at radius 3 is 2.00 bits per heavy atom. The predicted octanol–water partition coefficient (Wildman–Crippen LogP) is 3.26. The van der Waals surface area contributed by atoms with Crippen molar-refractivity contribution in [3.8, 4) is 0 Å². The zero-order valence-electron chi connectivity index (χ0n) is 11.7. The zero-order chi connectivity index (χ0) is 14.9. The molecule has 0 unspecified atom stereocenters. The van der Waals surface area contributed by atoms with E-state index < -0.39 is 0 Å². The highest BCUT2D eigenvalue weighted by Gasteiger charge is 2.01. The van der Waals surface area contributed by atoms with Gasteiger partial charge < -0.3 is 10.6 Å². The summed E-state index contributed by atoms with van der Waals surface area (Å²) in [7, 11) is 0. The van der Waals surface area contributed by atoms with E-state index in [4.69, 9.17) is 24.4 Å². The average Bonchev–Trinajstić information content (AvgIpc) is 2.49. The van der Waals surface area contributed by atoms with Crippen LogP contribution in [0.4, 0.5) is 0 Å². The Balaban J connectivity index is 1.68. The van der Waals surface area contributed by atoms with Crippen LogP contribution >= 0.6 is 24.4 Å². The molecular formula is C17H18N2S2. The molecule has 0 aliphatic heterocycles. The molecule has 0 saturated heterocycles. The average molecular weight is 314 g/mol. The lowest BCUT2D eigenvalue weighted by atomic mass is 10.1. The first-order valence-corrected chi connectivity index (χ1v) is 7.71. The number of benzene rings is 2. The summed E-state index contributed by atoms with van der Waals surface area (Å²) in [5.41, 5.74) is 2.47. The van der Waals surface area contributed by atoms with Gasteiger partial charge in [0, 0.05) is 13.0 Å². The first kappa shape index (κ1) is 15.6. The first-order valence-electron chi connectivity index (χ1n) is 6.89. The van der Waals surface area contributed by atoms with E-state index in [1.54, 1.807) is 0 Å². The summed E-state index contributed by atoms with van der Waals surface area (Å²) >= 11 is 10.6. The van der Waals surface area contributed by atoms with Gasteiger partial charge in [-0.25, -0.2) is 0 Å². The van der Waals surface area contributed by atoms with Gasteiger partial charge >= 0.3 is 0 Å². The minimum Gasteiger partial charge on any atom is -0.362 e. The second-order valence-corrected chi connectivity index (χ2v) is 5.60. The Bertz CT molecular complexity index is 582. The van der Waals surface area contributed by atoms with Gasteiger partial charge in [-0.1, -0.05) is 72.9 Å². The van der Waals surface area contributed by atoms with Crippen LogP contribution in [-0.4, -0.2) is 16.6 Å². The molecule has 0 aliphatic rings. The molecule has 0 amide bonds. The number of hydrogen-bond acceptors (Lipinski definition) is 2. The van der Waals surface area contributed by atoms with Gasteiger partial charge in [0.2, 0.25) is 0 Å². The van der Waals surface area contributed by atoms with E-state index in [2.05, 4.69) is 34.9 Å². The van der Waals surface area contributed by atoms with E-state index in [1.807, 2.05) is 36.4 Å². The highest BCUT2D eigenvalue weighted by Crippen LogP contribution is 2.00. The monoisotopic (exact) mass is 314 g/mol. The van der Waals surface area contributed by atoms with Crippen LogP contribution in [0.15, 0.2) is 60.7 Å². The molecule has 0 aliphatic carbocycles. The Morgan fingerprint density at radius 2 is 1.38 bits per heavy atom. The van der Waals surface area contributed by atoms with Crippen molar-refractivity contribution < 1.29 is 0 Å². The smallest absolute Gasteiger partial charge is 0.171 e.